The lowest BCUT2D eigenvalue weighted by Gasteiger charge is -2.14. The highest BCUT2D eigenvalue weighted by Crippen LogP contribution is 2.29. The summed E-state index contributed by atoms with van der Waals surface area (Å²) in [6.45, 7) is 6.50. The van der Waals surface area contributed by atoms with Gasteiger partial charge >= 0.3 is 0 Å². The number of hydrogen-bond donors (Lipinski definition) is 0. The standard InChI is InChI=1S/C17H18O2/c1-4-6-14-10-17-15(9-12(14)2)7-5-8-16(17)13(3)19-11-18/h4-11,13H,1-3H3/b6-4-. The van der Waals surface area contributed by atoms with Crippen LogP contribution in [0, 0.1) is 6.92 Å². The Morgan fingerprint density at radius 2 is 2.05 bits per heavy atom. The third-order valence-corrected chi connectivity index (χ3v) is 3.34. The Balaban J connectivity index is 2.65. The zero-order valence-electron chi connectivity index (χ0n) is 11.5. The zero-order chi connectivity index (χ0) is 13.8. The van der Waals surface area contributed by atoms with Crippen LogP contribution in [0.4, 0.5) is 0 Å². The second kappa shape index (κ2) is 5.70. The van der Waals surface area contributed by atoms with Crippen LogP contribution in [0.3, 0.4) is 0 Å². The fraction of sp³-hybridized carbons (Fsp3) is 0.235. The van der Waals surface area contributed by atoms with Gasteiger partial charge in [0.05, 0.1) is 0 Å². The molecule has 0 bridgehead atoms. The van der Waals surface area contributed by atoms with Crippen LogP contribution in [-0.4, -0.2) is 6.47 Å². The number of benzene rings is 2. The van der Waals surface area contributed by atoms with Crippen molar-refractivity contribution in [1.29, 1.82) is 0 Å². The van der Waals surface area contributed by atoms with Gasteiger partial charge in [-0.2, -0.15) is 0 Å². The van der Waals surface area contributed by atoms with Crippen molar-refractivity contribution in [3.05, 3.63) is 53.1 Å². The van der Waals surface area contributed by atoms with Crippen molar-refractivity contribution in [2.75, 3.05) is 0 Å². The maximum Gasteiger partial charge on any atom is 0.293 e. The van der Waals surface area contributed by atoms with Crippen molar-refractivity contribution in [2.45, 2.75) is 26.9 Å². The molecule has 2 heteroatoms. The van der Waals surface area contributed by atoms with Gasteiger partial charge in [0.2, 0.25) is 0 Å². The van der Waals surface area contributed by atoms with Gasteiger partial charge in [0.1, 0.15) is 6.10 Å². The summed E-state index contributed by atoms with van der Waals surface area (Å²) < 4.78 is 5.07. The number of ether oxygens (including phenoxy) is 1. The quantitative estimate of drug-likeness (QED) is 0.755. The van der Waals surface area contributed by atoms with E-state index in [0.29, 0.717) is 6.47 Å². The lowest BCUT2D eigenvalue weighted by atomic mass is 9.96. The van der Waals surface area contributed by atoms with Crippen molar-refractivity contribution >= 4 is 23.3 Å². The van der Waals surface area contributed by atoms with Crippen molar-refractivity contribution < 1.29 is 9.53 Å². The van der Waals surface area contributed by atoms with Gasteiger partial charge < -0.3 is 4.74 Å². The Morgan fingerprint density at radius 3 is 2.74 bits per heavy atom. The predicted octanol–water partition coefficient (Wildman–Crippen LogP) is 4.42. The molecule has 0 saturated carbocycles. The number of aryl methyl sites for hydroxylation is 1. The Hall–Kier alpha value is -2.09. The van der Waals surface area contributed by atoms with Gasteiger partial charge in [-0.3, -0.25) is 4.79 Å². The normalized spacial score (nSPS) is 12.8. The SMILES string of the molecule is C/C=C\c1cc2c(C(C)OC=O)cccc2cc1C. The number of fused-ring (bicyclic) bond motifs is 1. The first-order valence-corrected chi connectivity index (χ1v) is 6.42. The number of rotatable bonds is 4. The molecule has 2 aromatic rings. The van der Waals surface area contributed by atoms with E-state index < -0.39 is 0 Å². The fourth-order valence-corrected chi connectivity index (χ4v) is 2.35. The smallest absolute Gasteiger partial charge is 0.293 e. The molecule has 0 aliphatic rings. The first-order chi connectivity index (χ1) is 9.17. The molecule has 0 radical (unpaired) electrons. The largest absolute Gasteiger partial charge is 0.460 e. The Kier molecular flexibility index (Phi) is 4.00. The van der Waals surface area contributed by atoms with E-state index in [1.54, 1.807) is 0 Å². The molecule has 0 spiro atoms. The summed E-state index contributed by atoms with van der Waals surface area (Å²) in [6, 6.07) is 10.4. The first kappa shape index (κ1) is 13.3. The third kappa shape index (κ3) is 2.68. The molecular weight excluding hydrogens is 236 g/mol. The molecule has 0 aliphatic heterocycles. The molecule has 2 nitrogen and oxygen atoms in total. The van der Waals surface area contributed by atoms with E-state index in [0.717, 1.165) is 10.9 Å². The highest BCUT2D eigenvalue weighted by Gasteiger charge is 2.10. The molecule has 19 heavy (non-hydrogen) atoms. The summed E-state index contributed by atoms with van der Waals surface area (Å²) in [5, 5.41) is 2.31. The number of allylic oxidation sites excluding steroid dienone is 1. The minimum atomic E-state index is -0.234. The minimum absolute atomic E-state index is 0.234. The van der Waals surface area contributed by atoms with Crippen molar-refractivity contribution in [2.24, 2.45) is 0 Å². The molecule has 1 atom stereocenters. The van der Waals surface area contributed by atoms with Gasteiger partial charge in [-0.15, -0.1) is 0 Å². The van der Waals surface area contributed by atoms with Crippen LogP contribution in [0.1, 0.15) is 36.6 Å². The van der Waals surface area contributed by atoms with Crippen LogP contribution >= 0.6 is 0 Å². The Morgan fingerprint density at radius 1 is 1.26 bits per heavy atom. The van der Waals surface area contributed by atoms with Crippen LogP contribution in [0.15, 0.2) is 36.4 Å². The van der Waals surface area contributed by atoms with E-state index >= 15 is 0 Å². The molecule has 2 rings (SSSR count). The highest BCUT2D eigenvalue weighted by atomic mass is 16.5. The summed E-state index contributed by atoms with van der Waals surface area (Å²) in [5.74, 6) is 0. The van der Waals surface area contributed by atoms with Crippen LogP contribution in [0.2, 0.25) is 0 Å². The van der Waals surface area contributed by atoms with Crippen molar-refractivity contribution in [1.82, 2.24) is 0 Å². The summed E-state index contributed by atoms with van der Waals surface area (Å²) in [6.07, 6.45) is 3.89. The van der Waals surface area contributed by atoms with Gasteiger partial charge in [0.25, 0.3) is 6.47 Å². The highest BCUT2D eigenvalue weighted by molar-refractivity contribution is 5.89. The molecular formula is C17H18O2. The average molecular weight is 254 g/mol. The number of carbonyl (C=O) groups excluding carboxylic acids is 1. The van der Waals surface area contributed by atoms with E-state index in [2.05, 4.69) is 31.2 Å². The summed E-state index contributed by atoms with van der Waals surface area (Å²) in [5.41, 5.74) is 3.47. The lowest BCUT2D eigenvalue weighted by Crippen LogP contribution is -1.99. The predicted molar refractivity (Wildman–Crippen MR) is 79.0 cm³/mol. The molecule has 98 valence electrons. The van der Waals surface area contributed by atoms with E-state index in [1.807, 2.05) is 32.1 Å². The maximum absolute atomic E-state index is 10.5. The molecule has 0 amide bonds. The van der Waals surface area contributed by atoms with E-state index in [-0.39, 0.29) is 6.10 Å². The van der Waals surface area contributed by atoms with Gasteiger partial charge in [-0.05, 0) is 54.3 Å². The fourth-order valence-electron chi connectivity index (χ4n) is 2.35. The third-order valence-electron chi connectivity index (χ3n) is 3.34. The van der Waals surface area contributed by atoms with Crippen LogP contribution in [0.5, 0.6) is 0 Å². The maximum atomic E-state index is 10.5. The topological polar surface area (TPSA) is 26.3 Å². The molecule has 2 aromatic carbocycles. The number of hydrogen-bond acceptors (Lipinski definition) is 2. The van der Waals surface area contributed by atoms with Gasteiger partial charge in [0, 0.05) is 0 Å². The van der Waals surface area contributed by atoms with E-state index in [9.17, 15) is 4.79 Å². The van der Waals surface area contributed by atoms with E-state index in [4.69, 9.17) is 4.74 Å². The molecule has 0 fully saturated rings. The van der Waals surface area contributed by atoms with Gasteiger partial charge in [-0.25, -0.2) is 0 Å². The monoisotopic (exact) mass is 254 g/mol. The summed E-state index contributed by atoms with van der Waals surface area (Å²) in [7, 11) is 0. The van der Waals surface area contributed by atoms with Crippen LogP contribution < -0.4 is 0 Å². The lowest BCUT2D eigenvalue weighted by molar-refractivity contribution is -0.133. The van der Waals surface area contributed by atoms with Crippen LogP contribution in [0.25, 0.3) is 16.8 Å². The zero-order valence-corrected chi connectivity index (χ0v) is 11.5. The molecule has 0 saturated heterocycles. The van der Waals surface area contributed by atoms with E-state index in [1.165, 1.54) is 16.5 Å². The minimum Gasteiger partial charge on any atom is -0.460 e. The van der Waals surface area contributed by atoms with Crippen LogP contribution in [-0.2, 0) is 9.53 Å². The summed E-state index contributed by atoms with van der Waals surface area (Å²) >= 11 is 0. The Labute approximate surface area is 113 Å². The molecule has 0 N–H and O–H groups in total. The second-order valence-corrected chi connectivity index (χ2v) is 4.65. The molecule has 0 heterocycles. The first-order valence-electron chi connectivity index (χ1n) is 6.42. The molecule has 0 aliphatic carbocycles. The van der Waals surface area contributed by atoms with Crippen molar-refractivity contribution in [3.8, 4) is 0 Å². The second-order valence-electron chi connectivity index (χ2n) is 4.65. The Bertz CT molecular complexity index is 626. The number of carbonyl (C=O) groups is 1. The summed E-state index contributed by atoms with van der Waals surface area (Å²) in [4.78, 5) is 10.5. The molecule has 1 unspecified atom stereocenters. The average Bonchev–Trinajstić information content (AvgIpc) is 2.39. The van der Waals surface area contributed by atoms with Gasteiger partial charge in [0.15, 0.2) is 0 Å². The van der Waals surface area contributed by atoms with Gasteiger partial charge in [-0.1, -0.05) is 36.4 Å². The molecule has 0 aromatic heterocycles. The van der Waals surface area contributed by atoms with Crippen molar-refractivity contribution in [3.63, 3.8) is 0 Å².